The smallest absolute Gasteiger partial charge is 0.206 e. The van der Waals surface area contributed by atoms with Crippen molar-refractivity contribution in [3.8, 4) is 10.6 Å². The van der Waals surface area contributed by atoms with Crippen molar-refractivity contribution >= 4 is 32.4 Å². The summed E-state index contributed by atoms with van der Waals surface area (Å²) in [7, 11) is 0. The Bertz CT molecular complexity index is 942. The van der Waals surface area contributed by atoms with Crippen molar-refractivity contribution in [1.82, 2.24) is 15.2 Å². The number of pyridine rings is 1. The lowest BCUT2D eigenvalue weighted by molar-refractivity contribution is 0.243. The van der Waals surface area contributed by atoms with E-state index in [1.807, 2.05) is 0 Å². The van der Waals surface area contributed by atoms with E-state index in [9.17, 15) is 8.78 Å². The second-order valence-corrected chi connectivity index (χ2v) is 8.25. The van der Waals surface area contributed by atoms with Crippen LogP contribution in [0.25, 0.3) is 10.6 Å². The highest BCUT2D eigenvalue weighted by atomic mass is 79.9. The standard InChI is InChI=1S/C18H15BrF2N4S/c19-11-4-5-13(20)12(9-11)16-24-25-17(26-16)23-10-18(6-2-7-18)15-14(21)3-1-8-22-15/h1,3-5,8-9H,2,6-7,10H2,(H,23,25). The zero-order chi connectivity index (χ0) is 18.1. The zero-order valence-electron chi connectivity index (χ0n) is 13.7. The minimum Gasteiger partial charge on any atom is -0.359 e. The molecule has 0 atom stereocenters. The minimum atomic E-state index is -0.345. The largest absolute Gasteiger partial charge is 0.359 e. The van der Waals surface area contributed by atoms with Crippen molar-refractivity contribution < 1.29 is 8.78 Å². The Balaban J connectivity index is 1.53. The van der Waals surface area contributed by atoms with Gasteiger partial charge in [-0.25, -0.2) is 8.78 Å². The van der Waals surface area contributed by atoms with Gasteiger partial charge in [0.15, 0.2) is 5.01 Å². The highest BCUT2D eigenvalue weighted by Crippen LogP contribution is 2.44. The number of anilines is 1. The summed E-state index contributed by atoms with van der Waals surface area (Å²) in [5.74, 6) is -0.620. The average Bonchev–Trinajstić information content (AvgIpc) is 3.06. The van der Waals surface area contributed by atoms with E-state index in [0.717, 1.165) is 23.7 Å². The molecule has 1 aromatic carbocycles. The average molecular weight is 437 g/mol. The number of hydrogen-bond donors (Lipinski definition) is 1. The fourth-order valence-corrected chi connectivity index (χ4v) is 4.30. The third-order valence-electron chi connectivity index (χ3n) is 4.73. The van der Waals surface area contributed by atoms with Gasteiger partial charge in [0.1, 0.15) is 11.6 Å². The molecule has 0 radical (unpaired) electrons. The van der Waals surface area contributed by atoms with Gasteiger partial charge >= 0.3 is 0 Å². The molecule has 0 aliphatic heterocycles. The van der Waals surface area contributed by atoms with Gasteiger partial charge in [0.05, 0.1) is 5.69 Å². The summed E-state index contributed by atoms with van der Waals surface area (Å²) in [5, 5.41) is 12.5. The lowest BCUT2D eigenvalue weighted by Gasteiger charge is -2.41. The van der Waals surface area contributed by atoms with Gasteiger partial charge in [-0.3, -0.25) is 4.98 Å². The van der Waals surface area contributed by atoms with Crippen molar-refractivity contribution in [3.63, 3.8) is 0 Å². The predicted octanol–water partition coefficient (Wildman–Crippen LogP) is 5.17. The number of nitrogens with one attached hydrogen (secondary N) is 1. The van der Waals surface area contributed by atoms with Gasteiger partial charge in [-0.2, -0.15) is 0 Å². The molecule has 2 heterocycles. The first kappa shape index (κ1) is 17.5. The van der Waals surface area contributed by atoms with Crippen molar-refractivity contribution in [3.05, 3.63) is 58.3 Å². The van der Waals surface area contributed by atoms with Gasteiger partial charge in [-0.05, 0) is 43.2 Å². The number of nitrogens with zero attached hydrogens (tertiary/aromatic N) is 3. The van der Waals surface area contributed by atoms with Crippen LogP contribution in [0, 0.1) is 11.6 Å². The molecule has 1 aliphatic carbocycles. The lowest BCUT2D eigenvalue weighted by atomic mass is 9.66. The van der Waals surface area contributed by atoms with Crippen LogP contribution in [0.1, 0.15) is 25.0 Å². The van der Waals surface area contributed by atoms with Crippen LogP contribution in [-0.2, 0) is 5.41 Å². The number of aromatic nitrogens is 3. The first-order chi connectivity index (χ1) is 12.6. The third kappa shape index (κ3) is 3.23. The lowest BCUT2D eigenvalue weighted by Crippen LogP contribution is -2.42. The van der Waals surface area contributed by atoms with Crippen LogP contribution in [0.5, 0.6) is 0 Å². The highest BCUT2D eigenvalue weighted by molar-refractivity contribution is 9.10. The Hall–Kier alpha value is -1.93. The fourth-order valence-electron chi connectivity index (χ4n) is 3.19. The summed E-state index contributed by atoms with van der Waals surface area (Å²) in [6.07, 6.45) is 4.42. The Morgan fingerprint density at radius 1 is 1.15 bits per heavy atom. The first-order valence-electron chi connectivity index (χ1n) is 8.21. The van der Waals surface area contributed by atoms with Gasteiger partial charge < -0.3 is 5.32 Å². The molecule has 0 spiro atoms. The van der Waals surface area contributed by atoms with Crippen molar-refractivity contribution in [2.24, 2.45) is 0 Å². The van der Waals surface area contributed by atoms with Crippen LogP contribution < -0.4 is 5.32 Å². The van der Waals surface area contributed by atoms with Crippen LogP contribution >= 0.6 is 27.3 Å². The molecule has 1 N–H and O–H groups in total. The number of rotatable bonds is 5. The molecule has 0 amide bonds. The third-order valence-corrected chi connectivity index (χ3v) is 6.14. The maximum atomic E-state index is 14.2. The maximum absolute atomic E-state index is 14.2. The molecule has 4 nitrogen and oxygen atoms in total. The molecule has 3 aromatic rings. The second kappa shape index (κ2) is 7.00. The van der Waals surface area contributed by atoms with E-state index >= 15 is 0 Å². The summed E-state index contributed by atoms with van der Waals surface area (Å²) < 4.78 is 29.0. The van der Waals surface area contributed by atoms with E-state index in [4.69, 9.17) is 0 Å². The van der Waals surface area contributed by atoms with Crippen molar-refractivity contribution in [1.29, 1.82) is 0 Å². The van der Waals surface area contributed by atoms with Crippen LogP contribution in [0.4, 0.5) is 13.9 Å². The molecule has 0 unspecified atom stereocenters. The molecular weight excluding hydrogens is 422 g/mol. The zero-order valence-corrected chi connectivity index (χ0v) is 16.1. The van der Waals surface area contributed by atoms with Gasteiger partial charge in [0.25, 0.3) is 0 Å². The Labute approximate surface area is 161 Å². The van der Waals surface area contributed by atoms with Gasteiger partial charge in [-0.15, -0.1) is 10.2 Å². The van der Waals surface area contributed by atoms with Gasteiger partial charge in [0, 0.05) is 28.2 Å². The predicted molar refractivity (Wildman–Crippen MR) is 101 cm³/mol. The molecule has 1 fully saturated rings. The molecule has 0 saturated heterocycles. The summed E-state index contributed by atoms with van der Waals surface area (Å²) in [6.45, 7) is 0.524. The second-order valence-electron chi connectivity index (χ2n) is 6.36. The van der Waals surface area contributed by atoms with Crippen LogP contribution in [0.3, 0.4) is 0 Å². The van der Waals surface area contributed by atoms with Gasteiger partial charge in [0.2, 0.25) is 5.13 Å². The van der Waals surface area contributed by atoms with E-state index in [1.165, 1.54) is 23.5 Å². The molecule has 134 valence electrons. The molecule has 1 saturated carbocycles. The fraction of sp³-hybridized carbons (Fsp3) is 0.278. The summed E-state index contributed by atoms with van der Waals surface area (Å²) in [5.41, 5.74) is 0.582. The number of hydrogen-bond acceptors (Lipinski definition) is 5. The summed E-state index contributed by atoms with van der Waals surface area (Å²) >= 11 is 4.61. The van der Waals surface area contributed by atoms with Crippen LogP contribution in [0.2, 0.25) is 0 Å². The maximum Gasteiger partial charge on any atom is 0.206 e. The van der Waals surface area contributed by atoms with E-state index < -0.39 is 0 Å². The Kier molecular flexibility index (Phi) is 4.71. The van der Waals surface area contributed by atoms with Crippen molar-refractivity contribution in [2.75, 3.05) is 11.9 Å². The van der Waals surface area contributed by atoms with E-state index in [1.54, 1.807) is 24.4 Å². The Morgan fingerprint density at radius 2 is 2.00 bits per heavy atom. The Morgan fingerprint density at radius 3 is 2.73 bits per heavy atom. The number of benzene rings is 1. The molecule has 26 heavy (non-hydrogen) atoms. The van der Waals surface area contributed by atoms with E-state index in [-0.39, 0.29) is 17.0 Å². The quantitative estimate of drug-likeness (QED) is 0.598. The highest BCUT2D eigenvalue weighted by Gasteiger charge is 2.42. The summed E-state index contributed by atoms with van der Waals surface area (Å²) in [4.78, 5) is 4.26. The number of halogens is 3. The molecule has 4 rings (SSSR count). The molecule has 0 bridgehead atoms. The molecule has 2 aromatic heterocycles. The topological polar surface area (TPSA) is 50.7 Å². The monoisotopic (exact) mass is 436 g/mol. The minimum absolute atomic E-state index is 0.275. The SMILES string of the molecule is Fc1ccc(Br)cc1-c1nnc(NCC2(c3ncccc3F)CCC2)s1. The van der Waals surface area contributed by atoms with Gasteiger partial charge in [-0.1, -0.05) is 33.7 Å². The van der Waals surface area contributed by atoms with E-state index in [2.05, 4.69) is 36.4 Å². The summed E-state index contributed by atoms with van der Waals surface area (Å²) in [6, 6.07) is 7.75. The molecule has 8 heteroatoms. The van der Waals surface area contributed by atoms with E-state index in [0.29, 0.717) is 27.9 Å². The normalized spacial score (nSPS) is 15.5. The first-order valence-corrected chi connectivity index (χ1v) is 9.82. The van der Waals surface area contributed by atoms with Crippen LogP contribution in [-0.4, -0.2) is 21.7 Å². The van der Waals surface area contributed by atoms with Crippen molar-refractivity contribution in [2.45, 2.75) is 24.7 Å². The van der Waals surface area contributed by atoms with Crippen LogP contribution in [0.15, 0.2) is 41.0 Å². The molecular formula is C18H15BrF2N4S. The molecule has 1 aliphatic rings.